The van der Waals surface area contributed by atoms with Crippen LogP contribution in [-0.4, -0.2) is 23.0 Å². The van der Waals surface area contributed by atoms with E-state index in [1.54, 1.807) is 18.2 Å². The molecule has 0 aromatic heterocycles. The Balaban J connectivity index is 2.05. The summed E-state index contributed by atoms with van der Waals surface area (Å²) in [6.07, 6.45) is 2.08. The summed E-state index contributed by atoms with van der Waals surface area (Å²) in [5, 5.41) is 0.176. The second-order valence-electron chi connectivity index (χ2n) is 4.69. The van der Waals surface area contributed by atoms with Gasteiger partial charge in [-0.1, -0.05) is 36.0 Å². The average Bonchev–Trinajstić information content (AvgIpc) is 2.35. The monoisotopic (exact) mass is 286 g/mol. The number of hydrogen-bond acceptors (Lipinski definition) is 2. The van der Waals surface area contributed by atoms with Gasteiger partial charge in [0.05, 0.1) is 10.0 Å². The van der Waals surface area contributed by atoms with Crippen molar-refractivity contribution >= 4 is 28.8 Å². The highest BCUT2D eigenvalue weighted by Crippen LogP contribution is 2.22. The van der Waals surface area contributed by atoms with Crippen molar-refractivity contribution < 1.29 is 4.39 Å². The Morgan fingerprint density at radius 1 is 1.56 bits per heavy atom. The number of nitrogens with two attached hydrogens (primary N) is 1. The minimum absolute atomic E-state index is 0.176. The summed E-state index contributed by atoms with van der Waals surface area (Å²) in [6, 6.07) is 5.11. The van der Waals surface area contributed by atoms with Crippen LogP contribution in [0.2, 0.25) is 5.02 Å². The lowest BCUT2D eigenvalue weighted by atomic mass is 9.97. The summed E-state index contributed by atoms with van der Waals surface area (Å²) in [4.78, 5) is 2.74. The first-order chi connectivity index (χ1) is 8.58. The maximum atomic E-state index is 13.8. The van der Waals surface area contributed by atoms with Crippen LogP contribution in [0.15, 0.2) is 18.2 Å². The number of nitrogens with zero attached hydrogens (tertiary/aromatic N) is 1. The van der Waals surface area contributed by atoms with E-state index in [2.05, 4.69) is 4.90 Å². The molecule has 0 bridgehead atoms. The van der Waals surface area contributed by atoms with E-state index in [9.17, 15) is 4.39 Å². The maximum Gasteiger partial charge on any atom is 0.146 e. The van der Waals surface area contributed by atoms with Crippen molar-refractivity contribution in [2.75, 3.05) is 13.1 Å². The maximum absolute atomic E-state index is 13.8. The summed E-state index contributed by atoms with van der Waals surface area (Å²) in [7, 11) is 0. The van der Waals surface area contributed by atoms with Gasteiger partial charge < -0.3 is 5.73 Å². The molecule has 0 saturated carbocycles. The highest BCUT2D eigenvalue weighted by Gasteiger charge is 2.22. The minimum Gasteiger partial charge on any atom is -0.393 e. The Hall–Kier alpha value is -0.710. The lowest BCUT2D eigenvalue weighted by Crippen LogP contribution is -2.40. The fraction of sp³-hybridized carbons (Fsp3) is 0.462. The van der Waals surface area contributed by atoms with Gasteiger partial charge in [-0.3, -0.25) is 4.90 Å². The van der Waals surface area contributed by atoms with Gasteiger partial charge in [-0.25, -0.2) is 4.39 Å². The zero-order valence-electron chi connectivity index (χ0n) is 10.0. The SMILES string of the molecule is NC(=S)C1CCCN(Cc2cccc(Cl)c2F)C1. The Kier molecular flexibility index (Phi) is 4.54. The fourth-order valence-corrected chi connectivity index (χ4v) is 2.73. The summed E-state index contributed by atoms with van der Waals surface area (Å²) in [5.41, 5.74) is 6.32. The number of piperidine rings is 1. The molecule has 0 radical (unpaired) electrons. The molecular weight excluding hydrogens is 271 g/mol. The lowest BCUT2D eigenvalue weighted by Gasteiger charge is -2.32. The van der Waals surface area contributed by atoms with Crippen LogP contribution in [0.4, 0.5) is 4.39 Å². The highest BCUT2D eigenvalue weighted by atomic mass is 35.5. The molecule has 0 aliphatic carbocycles. The van der Waals surface area contributed by atoms with Gasteiger partial charge in [-0.05, 0) is 25.5 Å². The second-order valence-corrected chi connectivity index (χ2v) is 5.57. The standard InChI is InChI=1S/C13H16ClFN2S/c14-11-5-1-3-9(12(11)15)7-17-6-2-4-10(8-17)13(16)18/h1,3,5,10H,2,4,6-8H2,(H2,16,18). The molecule has 2 nitrogen and oxygen atoms in total. The van der Waals surface area contributed by atoms with E-state index < -0.39 is 0 Å². The molecule has 1 unspecified atom stereocenters. The smallest absolute Gasteiger partial charge is 0.146 e. The Labute approximate surface area is 117 Å². The number of thiocarbonyl (C=S) groups is 1. The van der Waals surface area contributed by atoms with E-state index in [1.165, 1.54) is 0 Å². The van der Waals surface area contributed by atoms with E-state index in [-0.39, 0.29) is 16.8 Å². The van der Waals surface area contributed by atoms with Gasteiger partial charge in [0.25, 0.3) is 0 Å². The van der Waals surface area contributed by atoms with Crippen molar-refractivity contribution in [1.82, 2.24) is 4.90 Å². The van der Waals surface area contributed by atoms with E-state index in [4.69, 9.17) is 29.6 Å². The largest absolute Gasteiger partial charge is 0.393 e. The molecule has 0 amide bonds. The first-order valence-corrected chi connectivity index (χ1v) is 6.81. The number of benzene rings is 1. The molecule has 5 heteroatoms. The van der Waals surface area contributed by atoms with Gasteiger partial charge in [-0.15, -0.1) is 0 Å². The molecule has 1 saturated heterocycles. The number of hydrogen-bond donors (Lipinski definition) is 1. The molecule has 2 N–H and O–H groups in total. The molecular formula is C13H16ClFN2S. The van der Waals surface area contributed by atoms with Gasteiger partial charge >= 0.3 is 0 Å². The summed E-state index contributed by atoms with van der Waals surface area (Å²) >= 11 is 10.8. The Bertz CT molecular complexity index is 453. The van der Waals surface area contributed by atoms with Crippen LogP contribution in [0.25, 0.3) is 0 Å². The van der Waals surface area contributed by atoms with Gasteiger partial charge in [-0.2, -0.15) is 0 Å². The summed E-state index contributed by atoms with van der Waals surface area (Å²) < 4.78 is 13.8. The number of halogens is 2. The third-order valence-electron chi connectivity index (χ3n) is 3.33. The van der Waals surface area contributed by atoms with Crippen LogP contribution in [0, 0.1) is 11.7 Å². The van der Waals surface area contributed by atoms with Crippen molar-refractivity contribution in [3.05, 3.63) is 34.6 Å². The zero-order valence-corrected chi connectivity index (χ0v) is 11.6. The molecule has 1 heterocycles. The van der Waals surface area contributed by atoms with Crippen molar-refractivity contribution in [2.45, 2.75) is 19.4 Å². The van der Waals surface area contributed by atoms with Crippen LogP contribution >= 0.6 is 23.8 Å². The van der Waals surface area contributed by atoms with Crippen LogP contribution in [0.3, 0.4) is 0 Å². The molecule has 1 aliphatic rings. The lowest BCUT2D eigenvalue weighted by molar-refractivity contribution is 0.195. The van der Waals surface area contributed by atoms with Crippen LogP contribution < -0.4 is 5.73 Å². The quantitative estimate of drug-likeness (QED) is 0.866. The van der Waals surface area contributed by atoms with Crippen LogP contribution in [-0.2, 0) is 6.54 Å². The number of likely N-dealkylation sites (tertiary alicyclic amines) is 1. The second kappa shape index (κ2) is 5.95. The highest BCUT2D eigenvalue weighted by molar-refractivity contribution is 7.80. The normalized spacial score (nSPS) is 20.9. The van der Waals surface area contributed by atoms with Crippen molar-refractivity contribution in [2.24, 2.45) is 11.7 Å². The van der Waals surface area contributed by atoms with Crippen molar-refractivity contribution in [3.63, 3.8) is 0 Å². The third-order valence-corrected chi connectivity index (χ3v) is 3.96. The Morgan fingerprint density at radius 3 is 3.06 bits per heavy atom. The van der Waals surface area contributed by atoms with Crippen LogP contribution in [0.1, 0.15) is 18.4 Å². The predicted octanol–water partition coefficient (Wildman–Crippen LogP) is 2.98. The minimum atomic E-state index is -0.323. The van der Waals surface area contributed by atoms with Crippen molar-refractivity contribution in [1.29, 1.82) is 0 Å². The van der Waals surface area contributed by atoms with Gasteiger partial charge in [0.15, 0.2) is 0 Å². The fourth-order valence-electron chi connectivity index (χ4n) is 2.34. The molecule has 1 aromatic rings. The summed E-state index contributed by atoms with van der Waals surface area (Å²) in [5.74, 6) is -0.0763. The molecule has 1 aromatic carbocycles. The topological polar surface area (TPSA) is 29.3 Å². The average molecular weight is 287 g/mol. The Morgan fingerprint density at radius 2 is 2.33 bits per heavy atom. The van der Waals surface area contributed by atoms with Crippen molar-refractivity contribution in [3.8, 4) is 0 Å². The molecule has 1 fully saturated rings. The van der Waals surface area contributed by atoms with E-state index in [0.717, 1.165) is 25.9 Å². The molecule has 1 atom stereocenters. The molecule has 2 rings (SSSR count). The zero-order chi connectivity index (χ0) is 13.1. The summed E-state index contributed by atoms with van der Waals surface area (Å²) in [6.45, 7) is 2.32. The van der Waals surface area contributed by atoms with E-state index in [1.807, 2.05) is 0 Å². The van der Waals surface area contributed by atoms with Crippen LogP contribution in [0.5, 0.6) is 0 Å². The van der Waals surface area contributed by atoms with Gasteiger partial charge in [0.1, 0.15) is 5.82 Å². The molecule has 1 aliphatic heterocycles. The van der Waals surface area contributed by atoms with Gasteiger partial charge in [0, 0.05) is 24.6 Å². The number of rotatable bonds is 3. The molecule has 98 valence electrons. The molecule has 18 heavy (non-hydrogen) atoms. The van der Waals surface area contributed by atoms with Gasteiger partial charge in [0.2, 0.25) is 0 Å². The first-order valence-electron chi connectivity index (χ1n) is 6.02. The van der Waals surface area contributed by atoms with E-state index in [0.29, 0.717) is 17.1 Å². The molecule has 0 spiro atoms. The third kappa shape index (κ3) is 3.19. The predicted molar refractivity (Wildman–Crippen MR) is 76.2 cm³/mol. The van der Waals surface area contributed by atoms with E-state index >= 15 is 0 Å². The first kappa shape index (κ1) is 13.7.